The van der Waals surface area contributed by atoms with Crippen LogP contribution in [0.3, 0.4) is 0 Å². The molecule has 0 amide bonds. The molecular formula is C8H13F. The minimum Gasteiger partial charge on any atom is -0.247 e. The fourth-order valence-electron chi connectivity index (χ4n) is 2.32. The summed E-state index contributed by atoms with van der Waals surface area (Å²) in [5.74, 6) is 1.19. The second-order valence-corrected chi connectivity index (χ2v) is 3.92. The molecule has 0 aromatic heterocycles. The van der Waals surface area contributed by atoms with Gasteiger partial charge in [0.25, 0.3) is 0 Å². The Morgan fingerprint density at radius 1 is 1.44 bits per heavy atom. The van der Waals surface area contributed by atoms with Crippen LogP contribution in [0.15, 0.2) is 0 Å². The molecule has 2 rings (SSSR count). The van der Waals surface area contributed by atoms with Gasteiger partial charge in [-0.2, -0.15) is 0 Å². The normalized spacial score (nSPS) is 54.7. The largest absolute Gasteiger partial charge is 0.247 e. The molecule has 3 atom stereocenters. The van der Waals surface area contributed by atoms with Gasteiger partial charge in [-0.15, -0.1) is 0 Å². The molecule has 0 spiro atoms. The van der Waals surface area contributed by atoms with Crippen molar-refractivity contribution in [2.75, 3.05) is 0 Å². The summed E-state index contributed by atoms with van der Waals surface area (Å²) in [7, 11) is 0. The van der Waals surface area contributed by atoms with Crippen LogP contribution in [0.4, 0.5) is 4.39 Å². The van der Waals surface area contributed by atoms with E-state index >= 15 is 0 Å². The summed E-state index contributed by atoms with van der Waals surface area (Å²) in [6.45, 7) is 4.43. The standard InChI is InChI=1S/C8H13F/c1-5(2)8-3-6(8)7(9)4-8/h5-7H,3-4H2,1-2H3/t6-,7+,8+/m1/s1. The first-order valence-electron chi connectivity index (χ1n) is 3.81. The molecule has 9 heavy (non-hydrogen) atoms. The number of fused-ring (bicyclic) bond motifs is 1. The molecule has 0 heterocycles. The summed E-state index contributed by atoms with van der Waals surface area (Å²) in [6, 6.07) is 0. The molecule has 2 fully saturated rings. The van der Waals surface area contributed by atoms with Crippen LogP contribution in [0, 0.1) is 17.3 Å². The smallest absolute Gasteiger partial charge is 0.104 e. The van der Waals surface area contributed by atoms with Gasteiger partial charge in [-0.25, -0.2) is 4.39 Å². The lowest BCUT2D eigenvalue weighted by Gasteiger charge is -2.32. The van der Waals surface area contributed by atoms with E-state index in [0.717, 1.165) is 12.3 Å². The summed E-state index contributed by atoms with van der Waals surface area (Å²) in [5, 5.41) is 0. The fraction of sp³-hybridized carbons (Fsp3) is 1.00. The summed E-state index contributed by atoms with van der Waals surface area (Å²) in [4.78, 5) is 0. The van der Waals surface area contributed by atoms with Crippen LogP contribution in [-0.4, -0.2) is 6.17 Å². The zero-order valence-corrected chi connectivity index (χ0v) is 6.02. The van der Waals surface area contributed by atoms with Gasteiger partial charge in [0, 0.05) is 0 Å². The number of halogens is 1. The molecule has 1 heteroatoms. The van der Waals surface area contributed by atoms with E-state index in [0.29, 0.717) is 11.3 Å². The first kappa shape index (κ1) is 5.70. The monoisotopic (exact) mass is 128 g/mol. The van der Waals surface area contributed by atoms with E-state index in [1.807, 2.05) is 0 Å². The van der Waals surface area contributed by atoms with E-state index in [9.17, 15) is 4.39 Å². The van der Waals surface area contributed by atoms with Gasteiger partial charge >= 0.3 is 0 Å². The Labute approximate surface area is 55.4 Å². The topological polar surface area (TPSA) is 0 Å². The molecule has 0 radical (unpaired) electrons. The highest BCUT2D eigenvalue weighted by atomic mass is 19.1. The van der Waals surface area contributed by atoms with Gasteiger partial charge in [-0.1, -0.05) is 13.8 Å². The molecule has 2 saturated carbocycles. The van der Waals surface area contributed by atoms with Gasteiger partial charge in [-0.3, -0.25) is 0 Å². The summed E-state index contributed by atoms with van der Waals surface area (Å²) < 4.78 is 12.6. The minimum absolute atomic E-state index is 0.438. The Hall–Kier alpha value is -0.0700. The number of hydrogen-bond acceptors (Lipinski definition) is 0. The van der Waals surface area contributed by atoms with Crippen LogP contribution < -0.4 is 0 Å². The lowest BCUT2D eigenvalue weighted by atomic mass is 9.75. The van der Waals surface area contributed by atoms with Crippen LogP contribution in [0.25, 0.3) is 0 Å². The highest BCUT2D eigenvalue weighted by molar-refractivity contribution is 5.17. The third kappa shape index (κ3) is 0.487. The second-order valence-electron chi connectivity index (χ2n) is 3.92. The first-order chi connectivity index (χ1) is 4.17. The molecule has 0 N–H and O–H groups in total. The van der Waals surface area contributed by atoms with Crippen molar-refractivity contribution in [3.8, 4) is 0 Å². The van der Waals surface area contributed by atoms with E-state index in [-0.39, 0.29) is 0 Å². The Morgan fingerprint density at radius 2 is 2.11 bits per heavy atom. The van der Waals surface area contributed by atoms with E-state index in [4.69, 9.17) is 0 Å². The van der Waals surface area contributed by atoms with Crippen molar-refractivity contribution in [3.05, 3.63) is 0 Å². The van der Waals surface area contributed by atoms with Gasteiger partial charge in [0.1, 0.15) is 6.17 Å². The van der Waals surface area contributed by atoms with Crippen molar-refractivity contribution >= 4 is 0 Å². The third-order valence-electron chi connectivity index (χ3n) is 3.34. The third-order valence-corrected chi connectivity index (χ3v) is 3.34. The lowest BCUT2D eigenvalue weighted by Crippen LogP contribution is -2.31. The van der Waals surface area contributed by atoms with Crippen molar-refractivity contribution in [2.24, 2.45) is 17.3 Å². The van der Waals surface area contributed by atoms with Crippen LogP contribution in [-0.2, 0) is 0 Å². The van der Waals surface area contributed by atoms with Gasteiger partial charge in [0.05, 0.1) is 0 Å². The highest BCUT2D eigenvalue weighted by Gasteiger charge is 2.68. The van der Waals surface area contributed by atoms with Gasteiger partial charge < -0.3 is 0 Å². The van der Waals surface area contributed by atoms with Crippen molar-refractivity contribution in [1.29, 1.82) is 0 Å². The van der Waals surface area contributed by atoms with Gasteiger partial charge in [-0.05, 0) is 30.1 Å². The second kappa shape index (κ2) is 1.33. The minimum atomic E-state index is -0.438. The predicted octanol–water partition coefficient (Wildman–Crippen LogP) is 2.39. The SMILES string of the molecule is CC(C)[C@@]12C[C@@H]1[C@@H](F)C2. The van der Waals surface area contributed by atoms with Crippen molar-refractivity contribution in [3.63, 3.8) is 0 Å². The van der Waals surface area contributed by atoms with Crippen molar-refractivity contribution < 1.29 is 4.39 Å². The van der Waals surface area contributed by atoms with E-state index in [1.54, 1.807) is 0 Å². The van der Waals surface area contributed by atoms with E-state index < -0.39 is 6.17 Å². The fourth-order valence-corrected chi connectivity index (χ4v) is 2.32. The number of alkyl halides is 1. The zero-order chi connectivity index (χ0) is 6.65. The quantitative estimate of drug-likeness (QED) is 0.508. The average Bonchev–Trinajstić information content (AvgIpc) is 2.36. The van der Waals surface area contributed by atoms with Gasteiger partial charge in [0.2, 0.25) is 0 Å². The average molecular weight is 128 g/mol. The summed E-state index contributed by atoms with van der Waals surface area (Å²) in [5.41, 5.74) is 0.486. The van der Waals surface area contributed by atoms with Crippen LogP contribution >= 0.6 is 0 Å². The lowest BCUT2D eigenvalue weighted by molar-refractivity contribution is 0.0841. The van der Waals surface area contributed by atoms with Crippen LogP contribution in [0.1, 0.15) is 26.7 Å². The summed E-state index contributed by atoms with van der Waals surface area (Å²) >= 11 is 0. The highest BCUT2D eigenvalue weighted by Crippen LogP contribution is 2.72. The van der Waals surface area contributed by atoms with Gasteiger partial charge in [0.15, 0.2) is 0 Å². The summed E-state index contributed by atoms with van der Waals surface area (Å²) in [6.07, 6.45) is 1.59. The van der Waals surface area contributed by atoms with Crippen LogP contribution in [0.5, 0.6) is 0 Å². The van der Waals surface area contributed by atoms with Crippen LogP contribution in [0.2, 0.25) is 0 Å². The van der Waals surface area contributed by atoms with E-state index in [2.05, 4.69) is 13.8 Å². The molecule has 2 aliphatic rings. The molecular weight excluding hydrogens is 115 g/mol. The molecule has 0 bridgehead atoms. The van der Waals surface area contributed by atoms with E-state index in [1.165, 1.54) is 6.42 Å². The Morgan fingerprint density at radius 3 is 2.22 bits per heavy atom. The molecule has 52 valence electrons. The maximum absolute atomic E-state index is 12.6. The molecule has 0 aromatic carbocycles. The Kier molecular flexibility index (Phi) is 0.841. The molecule has 0 unspecified atom stereocenters. The Bertz CT molecular complexity index is 142. The molecule has 0 aromatic rings. The molecule has 0 aliphatic heterocycles. The maximum Gasteiger partial charge on any atom is 0.104 e. The molecule has 0 saturated heterocycles. The number of hydrogen-bond donors (Lipinski definition) is 0. The maximum atomic E-state index is 12.6. The predicted molar refractivity (Wildman–Crippen MR) is 34.9 cm³/mol. The van der Waals surface area contributed by atoms with Crippen molar-refractivity contribution in [2.45, 2.75) is 32.9 Å². The Balaban J connectivity index is 2.04. The van der Waals surface area contributed by atoms with Crippen molar-refractivity contribution in [1.82, 2.24) is 0 Å². The molecule has 0 nitrogen and oxygen atoms in total. The molecule has 2 aliphatic carbocycles. The zero-order valence-electron chi connectivity index (χ0n) is 6.02. The first-order valence-corrected chi connectivity index (χ1v) is 3.81. The number of rotatable bonds is 1.